The van der Waals surface area contributed by atoms with Crippen LogP contribution in [-0.2, 0) is 5.60 Å². The second-order valence-corrected chi connectivity index (χ2v) is 3.15. The molecule has 0 aromatic carbocycles. The summed E-state index contributed by atoms with van der Waals surface area (Å²) in [5.41, 5.74) is 4.73. The first-order valence-corrected chi connectivity index (χ1v) is 4.09. The molecule has 4 nitrogen and oxygen atoms in total. The normalized spacial score (nSPS) is 17.8. The maximum absolute atomic E-state index is 9.91. The molecule has 0 aliphatic heterocycles. The number of hydrogen-bond donors (Lipinski definition) is 3. The lowest BCUT2D eigenvalue weighted by molar-refractivity contribution is 0.00520. The molecule has 0 radical (unpaired) electrons. The van der Waals surface area contributed by atoms with Crippen LogP contribution < -0.4 is 5.73 Å². The summed E-state index contributed by atoms with van der Waals surface area (Å²) in [4.78, 5) is 3.98. The van der Waals surface area contributed by atoms with Gasteiger partial charge in [-0.2, -0.15) is 0 Å². The van der Waals surface area contributed by atoms with Gasteiger partial charge in [0, 0.05) is 6.20 Å². The highest BCUT2D eigenvalue weighted by Gasteiger charge is 2.31. The second-order valence-electron chi connectivity index (χ2n) is 3.15. The zero-order valence-electron chi connectivity index (χ0n) is 7.51. The van der Waals surface area contributed by atoms with Gasteiger partial charge in [0.2, 0.25) is 0 Å². The fraction of sp³-hybridized carbons (Fsp3) is 0.444. The molecule has 1 heterocycles. The molecule has 4 heteroatoms. The Labute approximate surface area is 77.0 Å². The van der Waals surface area contributed by atoms with E-state index in [1.807, 2.05) is 0 Å². The summed E-state index contributed by atoms with van der Waals surface area (Å²) in [5, 5.41) is 18.7. The smallest absolute Gasteiger partial charge is 0.121 e. The van der Waals surface area contributed by atoms with Crippen molar-refractivity contribution in [2.45, 2.75) is 18.6 Å². The molecule has 1 aromatic heterocycles. The molecule has 1 aromatic rings. The molecule has 13 heavy (non-hydrogen) atoms. The summed E-state index contributed by atoms with van der Waals surface area (Å²) in [5.74, 6) is 0. The highest BCUT2D eigenvalue weighted by Crippen LogP contribution is 2.20. The van der Waals surface area contributed by atoms with Crippen molar-refractivity contribution in [2.75, 3.05) is 6.61 Å². The second kappa shape index (κ2) is 3.83. The molecule has 2 atom stereocenters. The molecule has 0 aliphatic carbocycles. The quantitative estimate of drug-likeness (QED) is 0.594. The van der Waals surface area contributed by atoms with Crippen LogP contribution >= 0.6 is 0 Å². The van der Waals surface area contributed by atoms with Gasteiger partial charge in [0.25, 0.3) is 0 Å². The number of pyridine rings is 1. The van der Waals surface area contributed by atoms with E-state index in [-0.39, 0.29) is 6.61 Å². The Bertz CT molecular complexity index is 262. The van der Waals surface area contributed by atoms with E-state index in [0.29, 0.717) is 5.69 Å². The Hall–Kier alpha value is -0.970. The van der Waals surface area contributed by atoms with Gasteiger partial charge in [-0.05, 0) is 19.1 Å². The Morgan fingerprint density at radius 3 is 2.77 bits per heavy atom. The number of hydrogen-bond acceptors (Lipinski definition) is 4. The minimum atomic E-state index is -1.28. The predicted molar refractivity (Wildman–Crippen MR) is 48.9 cm³/mol. The number of nitrogens with two attached hydrogens (primary N) is 1. The number of aliphatic hydroxyl groups excluding tert-OH is 1. The van der Waals surface area contributed by atoms with Gasteiger partial charge in [0.1, 0.15) is 5.60 Å². The lowest BCUT2D eigenvalue weighted by Gasteiger charge is -2.27. The van der Waals surface area contributed by atoms with E-state index in [1.54, 1.807) is 24.4 Å². The number of nitrogens with zero attached hydrogens (tertiary/aromatic N) is 1. The van der Waals surface area contributed by atoms with Crippen molar-refractivity contribution in [3.8, 4) is 0 Å². The molecule has 0 amide bonds. The fourth-order valence-electron chi connectivity index (χ4n) is 1.03. The molecule has 0 aliphatic rings. The van der Waals surface area contributed by atoms with E-state index in [2.05, 4.69) is 4.98 Å². The average Bonchev–Trinajstić information content (AvgIpc) is 2.18. The van der Waals surface area contributed by atoms with E-state index >= 15 is 0 Å². The van der Waals surface area contributed by atoms with E-state index < -0.39 is 11.6 Å². The Kier molecular flexibility index (Phi) is 2.98. The molecular weight excluding hydrogens is 168 g/mol. The van der Waals surface area contributed by atoms with Crippen molar-refractivity contribution >= 4 is 0 Å². The van der Waals surface area contributed by atoms with Gasteiger partial charge in [-0.15, -0.1) is 0 Å². The third kappa shape index (κ3) is 2.03. The highest BCUT2D eigenvalue weighted by molar-refractivity contribution is 5.14. The van der Waals surface area contributed by atoms with Crippen LogP contribution in [-0.4, -0.2) is 27.8 Å². The van der Waals surface area contributed by atoms with Gasteiger partial charge in [-0.1, -0.05) is 6.07 Å². The van der Waals surface area contributed by atoms with Crippen molar-refractivity contribution in [3.05, 3.63) is 30.1 Å². The number of aliphatic hydroxyl groups is 2. The summed E-state index contributed by atoms with van der Waals surface area (Å²) in [6.45, 7) is 1.26. The minimum absolute atomic E-state index is 0.274. The first-order valence-electron chi connectivity index (χ1n) is 4.09. The summed E-state index contributed by atoms with van der Waals surface area (Å²) in [6.07, 6.45) is 1.58. The Balaban J connectivity index is 2.93. The molecule has 1 rings (SSSR count). The van der Waals surface area contributed by atoms with Crippen LogP contribution in [0.2, 0.25) is 0 Å². The standard InChI is InChI=1S/C9H14N2O2/c1-9(13,7(10)6-12)8-4-2-3-5-11-8/h2-5,7,12-13H,6,10H2,1H3. The van der Waals surface area contributed by atoms with Crippen LogP contribution in [0, 0.1) is 0 Å². The van der Waals surface area contributed by atoms with E-state index in [4.69, 9.17) is 10.8 Å². The molecule has 2 unspecified atom stereocenters. The molecule has 72 valence electrons. The first-order chi connectivity index (χ1) is 6.09. The monoisotopic (exact) mass is 182 g/mol. The van der Waals surface area contributed by atoms with E-state index in [0.717, 1.165) is 0 Å². The molecule has 0 fully saturated rings. The van der Waals surface area contributed by atoms with Crippen LogP contribution in [0.3, 0.4) is 0 Å². The van der Waals surface area contributed by atoms with Crippen LogP contribution in [0.1, 0.15) is 12.6 Å². The molecule has 0 saturated carbocycles. The topological polar surface area (TPSA) is 79.4 Å². The van der Waals surface area contributed by atoms with Crippen molar-refractivity contribution in [2.24, 2.45) is 5.73 Å². The predicted octanol–water partition coefficient (Wildman–Crippen LogP) is -0.391. The third-order valence-electron chi connectivity index (χ3n) is 2.10. The Morgan fingerprint density at radius 2 is 2.31 bits per heavy atom. The van der Waals surface area contributed by atoms with E-state index in [1.165, 1.54) is 6.92 Å². The summed E-state index contributed by atoms with van der Waals surface area (Å²) < 4.78 is 0. The molecule has 4 N–H and O–H groups in total. The summed E-state index contributed by atoms with van der Waals surface area (Å²) in [7, 11) is 0. The van der Waals surface area contributed by atoms with Gasteiger partial charge in [-0.25, -0.2) is 0 Å². The lowest BCUT2D eigenvalue weighted by atomic mass is 9.93. The third-order valence-corrected chi connectivity index (χ3v) is 2.10. The minimum Gasteiger partial charge on any atom is -0.395 e. The first kappa shape index (κ1) is 10.1. The zero-order chi connectivity index (χ0) is 9.90. The molecule has 0 saturated heterocycles. The Morgan fingerprint density at radius 1 is 1.62 bits per heavy atom. The van der Waals surface area contributed by atoms with Gasteiger partial charge in [-0.3, -0.25) is 4.98 Å². The van der Waals surface area contributed by atoms with E-state index in [9.17, 15) is 5.11 Å². The van der Waals surface area contributed by atoms with Crippen molar-refractivity contribution in [1.82, 2.24) is 4.98 Å². The van der Waals surface area contributed by atoms with Crippen LogP contribution in [0.25, 0.3) is 0 Å². The van der Waals surface area contributed by atoms with Crippen LogP contribution in [0.5, 0.6) is 0 Å². The van der Waals surface area contributed by atoms with Gasteiger partial charge in [0.15, 0.2) is 0 Å². The van der Waals surface area contributed by atoms with Crippen molar-refractivity contribution in [3.63, 3.8) is 0 Å². The summed E-state index contributed by atoms with van der Waals surface area (Å²) >= 11 is 0. The molecular formula is C9H14N2O2. The van der Waals surface area contributed by atoms with Gasteiger partial charge in [0.05, 0.1) is 18.3 Å². The number of aromatic nitrogens is 1. The van der Waals surface area contributed by atoms with Crippen molar-refractivity contribution in [1.29, 1.82) is 0 Å². The largest absolute Gasteiger partial charge is 0.395 e. The maximum atomic E-state index is 9.91. The zero-order valence-corrected chi connectivity index (χ0v) is 7.51. The maximum Gasteiger partial charge on any atom is 0.121 e. The fourth-order valence-corrected chi connectivity index (χ4v) is 1.03. The SMILES string of the molecule is CC(O)(c1ccccn1)C(N)CO. The van der Waals surface area contributed by atoms with Crippen LogP contribution in [0.4, 0.5) is 0 Å². The molecule has 0 bridgehead atoms. The average molecular weight is 182 g/mol. The van der Waals surface area contributed by atoms with Gasteiger partial charge < -0.3 is 15.9 Å². The molecule has 0 spiro atoms. The lowest BCUT2D eigenvalue weighted by Crippen LogP contribution is -2.46. The number of rotatable bonds is 3. The van der Waals surface area contributed by atoms with Gasteiger partial charge >= 0.3 is 0 Å². The van der Waals surface area contributed by atoms with Crippen molar-refractivity contribution < 1.29 is 10.2 Å². The summed E-state index contributed by atoms with van der Waals surface area (Å²) in [6, 6.07) is 4.47. The highest BCUT2D eigenvalue weighted by atomic mass is 16.3. The van der Waals surface area contributed by atoms with Crippen LogP contribution in [0.15, 0.2) is 24.4 Å².